The lowest BCUT2D eigenvalue weighted by Crippen LogP contribution is -2.39. The predicted molar refractivity (Wildman–Crippen MR) is 97.1 cm³/mol. The maximum atomic E-state index is 13.6. The summed E-state index contributed by atoms with van der Waals surface area (Å²) < 4.78 is 13.6. The van der Waals surface area contributed by atoms with E-state index in [-0.39, 0.29) is 11.5 Å². The Bertz CT molecular complexity index is 768. The van der Waals surface area contributed by atoms with Crippen LogP contribution in [-0.2, 0) is 11.2 Å². The van der Waals surface area contributed by atoms with Crippen LogP contribution in [0.15, 0.2) is 35.7 Å². The summed E-state index contributed by atoms with van der Waals surface area (Å²) in [5.74, 6) is -1.60. The van der Waals surface area contributed by atoms with Gasteiger partial charge in [0.25, 0.3) is 5.91 Å². The van der Waals surface area contributed by atoms with Crippen LogP contribution in [0.1, 0.15) is 47.3 Å². The molecule has 2 aromatic rings. The molecule has 6 heteroatoms. The van der Waals surface area contributed by atoms with E-state index >= 15 is 0 Å². The Morgan fingerprint density at radius 3 is 2.60 bits per heavy atom. The molecule has 1 aromatic carbocycles. The molecule has 1 aliphatic rings. The van der Waals surface area contributed by atoms with E-state index in [4.69, 9.17) is 5.73 Å². The Morgan fingerprint density at radius 2 is 1.96 bits per heavy atom. The fourth-order valence-corrected chi connectivity index (χ4v) is 4.36. The second-order valence-corrected chi connectivity index (χ2v) is 7.64. The predicted octanol–water partition coefficient (Wildman–Crippen LogP) is 4.12. The highest BCUT2D eigenvalue weighted by atomic mass is 32.1. The van der Waals surface area contributed by atoms with Crippen LogP contribution in [0.3, 0.4) is 0 Å². The lowest BCUT2D eigenvalue weighted by molar-refractivity contribution is -0.127. The molecule has 25 heavy (non-hydrogen) atoms. The summed E-state index contributed by atoms with van der Waals surface area (Å²) in [7, 11) is 0. The fourth-order valence-electron chi connectivity index (χ4n) is 3.51. The van der Waals surface area contributed by atoms with E-state index in [9.17, 15) is 14.0 Å². The zero-order valence-electron chi connectivity index (χ0n) is 13.9. The van der Waals surface area contributed by atoms with Gasteiger partial charge < -0.3 is 11.1 Å². The van der Waals surface area contributed by atoms with E-state index in [1.54, 1.807) is 11.3 Å². The second-order valence-electron chi connectivity index (χ2n) is 6.61. The number of nitrogens with two attached hydrogens (primary N) is 1. The molecule has 0 unspecified atom stereocenters. The Labute approximate surface area is 150 Å². The topological polar surface area (TPSA) is 72.2 Å². The minimum Gasteiger partial charge on any atom is -0.366 e. The lowest BCUT2D eigenvalue weighted by Gasteiger charge is -2.35. The van der Waals surface area contributed by atoms with Gasteiger partial charge in [-0.15, -0.1) is 11.3 Å². The van der Waals surface area contributed by atoms with Crippen molar-refractivity contribution in [3.8, 4) is 0 Å². The standard InChI is InChI=1S/C19H21FN2O2S/c20-16-7-6-13(11-15(16)17(21)23)22-18(24)19(8-2-1-3-9-19)12-14-5-4-10-25-14/h4-7,10-11H,1-3,8-9,12H2,(H2,21,23)(H,22,24). The van der Waals surface area contributed by atoms with Gasteiger partial charge in [0.2, 0.25) is 5.91 Å². The van der Waals surface area contributed by atoms with Crippen LogP contribution in [0.2, 0.25) is 0 Å². The average molecular weight is 360 g/mol. The number of nitrogens with one attached hydrogen (secondary N) is 1. The largest absolute Gasteiger partial charge is 0.366 e. The Kier molecular flexibility index (Phi) is 5.18. The van der Waals surface area contributed by atoms with Crippen LogP contribution >= 0.6 is 11.3 Å². The molecule has 0 atom stereocenters. The highest BCUT2D eigenvalue weighted by Crippen LogP contribution is 2.41. The van der Waals surface area contributed by atoms with Gasteiger partial charge in [-0.2, -0.15) is 0 Å². The molecule has 0 aliphatic heterocycles. The van der Waals surface area contributed by atoms with Gasteiger partial charge in [0.05, 0.1) is 11.0 Å². The summed E-state index contributed by atoms with van der Waals surface area (Å²) in [4.78, 5) is 25.6. The van der Waals surface area contributed by atoms with Crippen LogP contribution in [0.4, 0.5) is 10.1 Å². The molecule has 1 fully saturated rings. The molecule has 1 saturated carbocycles. The normalized spacial score (nSPS) is 16.4. The van der Waals surface area contributed by atoms with E-state index in [1.807, 2.05) is 11.4 Å². The second kappa shape index (κ2) is 7.35. The van der Waals surface area contributed by atoms with Gasteiger partial charge in [-0.3, -0.25) is 9.59 Å². The molecule has 0 bridgehead atoms. The number of primary amides is 1. The Balaban J connectivity index is 1.83. The zero-order valence-corrected chi connectivity index (χ0v) is 14.7. The highest BCUT2D eigenvalue weighted by molar-refractivity contribution is 7.09. The van der Waals surface area contributed by atoms with Gasteiger partial charge in [-0.05, 0) is 48.9 Å². The van der Waals surface area contributed by atoms with Crippen molar-refractivity contribution in [1.29, 1.82) is 0 Å². The molecular formula is C19H21FN2O2S. The van der Waals surface area contributed by atoms with Gasteiger partial charge in [-0.25, -0.2) is 4.39 Å². The van der Waals surface area contributed by atoms with Gasteiger partial charge in [0.1, 0.15) is 5.82 Å². The maximum absolute atomic E-state index is 13.6. The van der Waals surface area contributed by atoms with E-state index in [2.05, 4.69) is 11.4 Å². The number of hydrogen-bond acceptors (Lipinski definition) is 3. The number of halogens is 1. The summed E-state index contributed by atoms with van der Waals surface area (Å²) in [6, 6.07) is 7.96. The number of rotatable bonds is 5. The summed E-state index contributed by atoms with van der Waals surface area (Å²) in [6.45, 7) is 0. The molecular weight excluding hydrogens is 339 g/mol. The van der Waals surface area contributed by atoms with Crippen molar-refractivity contribution in [2.75, 3.05) is 5.32 Å². The van der Waals surface area contributed by atoms with Crippen molar-refractivity contribution >= 4 is 28.8 Å². The van der Waals surface area contributed by atoms with E-state index in [0.717, 1.165) is 38.2 Å². The van der Waals surface area contributed by atoms with Crippen molar-refractivity contribution in [3.63, 3.8) is 0 Å². The molecule has 3 N–H and O–H groups in total. The van der Waals surface area contributed by atoms with E-state index < -0.39 is 17.1 Å². The number of amides is 2. The molecule has 2 amide bonds. The average Bonchev–Trinajstić information content (AvgIpc) is 3.10. The van der Waals surface area contributed by atoms with E-state index in [0.29, 0.717) is 12.1 Å². The SMILES string of the molecule is NC(=O)c1cc(NC(=O)C2(Cc3cccs3)CCCCC2)ccc1F. The summed E-state index contributed by atoms with van der Waals surface area (Å²) in [6.07, 6.45) is 5.56. The molecule has 132 valence electrons. The van der Waals surface area contributed by atoms with Gasteiger partial charge in [-0.1, -0.05) is 25.3 Å². The fraction of sp³-hybridized carbons (Fsp3) is 0.368. The first-order valence-corrected chi connectivity index (χ1v) is 9.31. The van der Waals surface area contributed by atoms with Gasteiger partial charge in [0.15, 0.2) is 0 Å². The zero-order chi connectivity index (χ0) is 17.9. The van der Waals surface area contributed by atoms with Gasteiger partial charge in [0, 0.05) is 10.6 Å². The quantitative estimate of drug-likeness (QED) is 0.842. The first-order valence-electron chi connectivity index (χ1n) is 8.43. The highest BCUT2D eigenvalue weighted by Gasteiger charge is 2.39. The Morgan fingerprint density at radius 1 is 1.20 bits per heavy atom. The smallest absolute Gasteiger partial charge is 0.251 e. The number of thiophene rings is 1. The Hall–Kier alpha value is -2.21. The monoisotopic (exact) mass is 360 g/mol. The minimum atomic E-state index is -0.848. The van der Waals surface area contributed by atoms with Crippen molar-refractivity contribution in [1.82, 2.24) is 0 Å². The van der Waals surface area contributed by atoms with E-state index in [1.165, 1.54) is 17.0 Å². The van der Waals surface area contributed by atoms with Crippen molar-refractivity contribution < 1.29 is 14.0 Å². The number of benzene rings is 1. The van der Waals surface area contributed by atoms with Crippen LogP contribution in [0, 0.1) is 11.2 Å². The molecule has 0 saturated heterocycles. The van der Waals surface area contributed by atoms with Crippen LogP contribution in [0.25, 0.3) is 0 Å². The third-order valence-electron chi connectivity index (χ3n) is 4.87. The van der Waals surface area contributed by atoms with Crippen LogP contribution < -0.4 is 11.1 Å². The number of anilines is 1. The number of hydrogen-bond donors (Lipinski definition) is 2. The molecule has 1 aromatic heterocycles. The maximum Gasteiger partial charge on any atom is 0.251 e. The summed E-state index contributed by atoms with van der Waals surface area (Å²) in [5, 5.41) is 4.90. The molecule has 0 radical (unpaired) electrons. The van der Waals surface area contributed by atoms with Crippen molar-refractivity contribution in [2.24, 2.45) is 11.1 Å². The first kappa shape index (κ1) is 17.6. The lowest BCUT2D eigenvalue weighted by atomic mass is 9.70. The molecule has 1 heterocycles. The van der Waals surface area contributed by atoms with Gasteiger partial charge >= 0.3 is 0 Å². The van der Waals surface area contributed by atoms with Crippen molar-refractivity contribution in [2.45, 2.75) is 38.5 Å². The van der Waals surface area contributed by atoms with Crippen LogP contribution in [-0.4, -0.2) is 11.8 Å². The summed E-state index contributed by atoms with van der Waals surface area (Å²) in [5.41, 5.74) is 4.91. The third kappa shape index (κ3) is 3.90. The molecule has 1 aliphatic carbocycles. The minimum absolute atomic E-state index is 0.0670. The summed E-state index contributed by atoms with van der Waals surface area (Å²) >= 11 is 1.66. The first-order chi connectivity index (χ1) is 12.0. The molecule has 4 nitrogen and oxygen atoms in total. The third-order valence-corrected chi connectivity index (χ3v) is 5.75. The molecule has 0 spiro atoms. The van der Waals surface area contributed by atoms with Crippen molar-refractivity contribution in [3.05, 3.63) is 52.0 Å². The molecule has 3 rings (SSSR count). The number of carbonyl (C=O) groups is 2. The number of carbonyl (C=O) groups excluding carboxylic acids is 2. The van der Waals surface area contributed by atoms with Crippen LogP contribution in [0.5, 0.6) is 0 Å².